The first-order valence-electron chi connectivity index (χ1n) is 7.92. The maximum absolute atomic E-state index is 6.25. The minimum Gasteiger partial charge on any atom is -0.329 e. The van der Waals surface area contributed by atoms with E-state index in [1.807, 2.05) is 11.3 Å². The minimum atomic E-state index is 0.181. The Morgan fingerprint density at radius 2 is 2.30 bits per heavy atom. The Labute approximate surface area is 126 Å². The van der Waals surface area contributed by atoms with Crippen LogP contribution in [0.1, 0.15) is 38.0 Å². The molecule has 112 valence electrons. The molecule has 1 saturated heterocycles. The van der Waals surface area contributed by atoms with Crippen molar-refractivity contribution in [3.63, 3.8) is 0 Å². The van der Waals surface area contributed by atoms with E-state index in [0.29, 0.717) is 6.04 Å². The highest BCUT2D eigenvalue weighted by molar-refractivity contribution is 7.09. The zero-order valence-electron chi connectivity index (χ0n) is 12.7. The maximum atomic E-state index is 6.25. The monoisotopic (exact) mass is 293 g/mol. The molecule has 2 N–H and O–H groups in total. The van der Waals surface area contributed by atoms with Gasteiger partial charge in [0.1, 0.15) is 0 Å². The Bertz CT molecular complexity index is 429. The molecule has 0 aromatic carbocycles. The van der Waals surface area contributed by atoms with Crippen LogP contribution in [0.5, 0.6) is 0 Å². The lowest BCUT2D eigenvalue weighted by Gasteiger charge is -2.40. The van der Waals surface area contributed by atoms with Crippen LogP contribution in [0.2, 0.25) is 0 Å². The third-order valence-electron chi connectivity index (χ3n) is 5.09. The van der Waals surface area contributed by atoms with E-state index >= 15 is 0 Å². The topological polar surface area (TPSA) is 32.5 Å². The molecule has 0 bridgehead atoms. The van der Waals surface area contributed by atoms with Crippen molar-refractivity contribution in [1.29, 1.82) is 0 Å². The summed E-state index contributed by atoms with van der Waals surface area (Å²) in [5.41, 5.74) is 6.44. The van der Waals surface area contributed by atoms with Crippen LogP contribution in [0, 0.1) is 0 Å². The van der Waals surface area contributed by atoms with Crippen LogP contribution in [0.4, 0.5) is 0 Å². The van der Waals surface area contributed by atoms with Gasteiger partial charge in [-0.2, -0.15) is 0 Å². The van der Waals surface area contributed by atoms with Crippen molar-refractivity contribution < 1.29 is 0 Å². The van der Waals surface area contributed by atoms with E-state index in [0.717, 1.165) is 32.2 Å². The number of thiophene rings is 1. The van der Waals surface area contributed by atoms with E-state index in [1.54, 1.807) is 0 Å². The molecule has 4 heteroatoms. The van der Waals surface area contributed by atoms with Crippen molar-refractivity contribution in [3.8, 4) is 0 Å². The van der Waals surface area contributed by atoms with Gasteiger partial charge >= 0.3 is 0 Å². The molecule has 2 aliphatic rings. The second-order valence-electron chi connectivity index (χ2n) is 6.48. The van der Waals surface area contributed by atoms with Gasteiger partial charge in [0.25, 0.3) is 0 Å². The largest absolute Gasteiger partial charge is 0.329 e. The van der Waals surface area contributed by atoms with E-state index < -0.39 is 0 Å². The molecule has 3 rings (SSSR count). The predicted molar refractivity (Wildman–Crippen MR) is 86.0 cm³/mol. The number of nitrogens with two attached hydrogens (primary N) is 1. The number of likely N-dealkylation sites (tertiary alicyclic amines) is 1. The van der Waals surface area contributed by atoms with Crippen molar-refractivity contribution in [1.82, 2.24) is 9.80 Å². The molecule has 0 amide bonds. The van der Waals surface area contributed by atoms with Gasteiger partial charge in [0, 0.05) is 42.1 Å². The van der Waals surface area contributed by atoms with Crippen molar-refractivity contribution in [2.75, 3.05) is 19.6 Å². The van der Waals surface area contributed by atoms with Crippen LogP contribution in [0.25, 0.3) is 0 Å². The summed E-state index contributed by atoms with van der Waals surface area (Å²) < 4.78 is 0. The predicted octanol–water partition coefficient (Wildman–Crippen LogP) is 2.52. The van der Waals surface area contributed by atoms with Crippen LogP contribution in [-0.4, -0.2) is 47.1 Å². The number of nitrogens with zero attached hydrogens (tertiary/aromatic N) is 2. The normalized spacial score (nSPS) is 31.3. The summed E-state index contributed by atoms with van der Waals surface area (Å²) in [7, 11) is 0. The molecule has 1 aromatic heterocycles. The Hall–Kier alpha value is -0.420. The van der Waals surface area contributed by atoms with E-state index in [1.165, 1.54) is 24.1 Å². The molecule has 1 saturated carbocycles. The standard InChI is InChI=1S/C16H27N3S/c1-3-18(10-15-5-4-8-20-15)16(11-17)9-13(2)19(12-16)14-6-7-14/h4-5,8,13-14H,3,6-7,9-12,17H2,1-2H3. The first-order chi connectivity index (χ1) is 9.68. The van der Waals surface area contributed by atoms with Gasteiger partial charge in [-0.1, -0.05) is 13.0 Å². The van der Waals surface area contributed by atoms with Crippen LogP contribution in [-0.2, 0) is 6.54 Å². The van der Waals surface area contributed by atoms with Crippen LogP contribution < -0.4 is 5.73 Å². The van der Waals surface area contributed by atoms with Crippen molar-refractivity contribution >= 4 is 11.3 Å². The third-order valence-corrected chi connectivity index (χ3v) is 5.95. The Morgan fingerprint density at radius 3 is 2.85 bits per heavy atom. The molecule has 2 atom stereocenters. The fourth-order valence-corrected chi connectivity index (χ4v) is 4.55. The molecule has 0 spiro atoms. The lowest BCUT2D eigenvalue weighted by molar-refractivity contribution is 0.0965. The second kappa shape index (κ2) is 5.76. The summed E-state index contributed by atoms with van der Waals surface area (Å²) in [6.07, 6.45) is 4.00. The lowest BCUT2D eigenvalue weighted by Crippen LogP contribution is -2.55. The van der Waals surface area contributed by atoms with E-state index in [2.05, 4.69) is 41.2 Å². The second-order valence-corrected chi connectivity index (χ2v) is 7.51. The maximum Gasteiger partial charge on any atom is 0.0477 e. The van der Waals surface area contributed by atoms with Gasteiger partial charge in [0.05, 0.1) is 0 Å². The highest BCUT2D eigenvalue weighted by Crippen LogP contribution is 2.40. The van der Waals surface area contributed by atoms with E-state index in [-0.39, 0.29) is 5.54 Å². The first-order valence-corrected chi connectivity index (χ1v) is 8.80. The average molecular weight is 293 g/mol. The number of hydrogen-bond donors (Lipinski definition) is 1. The smallest absolute Gasteiger partial charge is 0.0477 e. The summed E-state index contributed by atoms with van der Waals surface area (Å²) in [4.78, 5) is 6.79. The van der Waals surface area contributed by atoms with Gasteiger partial charge in [-0.25, -0.2) is 0 Å². The number of rotatable bonds is 6. The van der Waals surface area contributed by atoms with Crippen LogP contribution >= 0.6 is 11.3 Å². The third kappa shape index (κ3) is 2.67. The molecule has 1 aliphatic carbocycles. The van der Waals surface area contributed by atoms with Crippen molar-refractivity contribution in [2.24, 2.45) is 5.73 Å². The fraction of sp³-hybridized carbons (Fsp3) is 0.750. The summed E-state index contributed by atoms with van der Waals surface area (Å²) in [6, 6.07) is 5.92. The molecular formula is C16H27N3S. The van der Waals surface area contributed by atoms with Crippen LogP contribution in [0.3, 0.4) is 0 Å². The zero-order valence-corrected chi connectivity index (χ0v) is 13.5. The SMILES string of the molecule is CCN(Cc1cccs1)C1(CN)CC(C)N(C2CC2)C1. The number of hydrogen-bond acceptors (Lipinski definition) is 4. The van der Waals surface area contributed by atoms with Crippen LogP contribution in [0.15, 0.2) is 17.5 Å². The molecule has 2 fully saturated rings. The highest BCUT2D eigenvalue weighted by Gasteiger charge is 2.48. The summed E-state index contributed by atoms with van der Waals surface area (Å²) >= 11 is 1.86. The summed E-state index contributed by atoms with van der Waals surface area (Å²) in [5.74, 6) is 0. The Balaban J connectivity index is 1.76. The van der Waals surface area contributed by atoms with Crippen molar-refractivity contribution in [3.05, 3.63) is 22.4 Å². The lowest BCUT2D eigenvalue weighted by atomic mass is 9.93. The van der Waals surface area contributed by atoms with Gasteiger partial charge in [0.2, 0.25) is 0 Å². The van der Waals surface area contributed by atoms with Gasteiger partial charge in [-0.15, -0.1) is 11.3 Å². The van der Waals surface area contributed by atoms with Gasteiger partial charge in [0.15, 0.2) is 0 Å². The van der Waals surface area contributed by atoms with E-state index in [4.69, 9.17) is 5.73 Å². The molecule has 1 aromatic rings. The summed E-state index contributed by atoms with van der Waals surface area (Å²) in [5, 5.41) is 2.17. The van der Waals surface area contributed by atoms with E-state index in [9.17, 15) is 0 Å². The average Bonchev–Trinajstić information content (AvgIpc) is 3.05. The Kier molecular flexibility index (Phi) is 4.18. The molecule has 2 unspecified atom stereocenters. The highest BCUT2D eigenvalue weighted by atomic mass is 32.1. The molecule has 3 nitrogen and oxygen atoms in total. The number of likely N-dealkylation sites (N-methyl/N-ethyl adjacent to an activating group) is 1. The fourth-order valence-electron chi connectivity index (χ4n) is 3.83. The molecule has 1 aliphatic heterocycles. The minimum absolute atomic E-state index is 0.181. The van der Waals surface area contributed by atoms with Gasteiger partial charge in [-0.05, 0) is 44.2 Å². The molecule has 2 heterocycles. The first kappa shape index (κ1) is 14.5. The molecular weight excluding hydrogens is 266 g/mol. The van der Waals surface area contributed by atoms with Crippen molar-refractivity contribution in [2.45, 2.75) is 57.3 Å². The van der Waals surface area contributed by atoms with Gasteiger partial charge in [-0.3, -0.25) is 9.80 Å². The summed E-state index contributed by atoms with van der Waals surface area (Å²) in [6.45, 7) is 8.73. The van der Waals surface area contributed by atoms with Gasteiger partial charge < -0.3 is 5.73 Å². The quantitative estimate of drug-likeness (QED) is 0.875. The molecule has 20 heavy (non-hydrogen) atoms. The Morgan fingerprint density at radius 1 is 1.50 bits per heavy atom. The molecule has 0 radical (unpaired) electrons. The zero-order chi connectivity index (χ0) is 14.2.